The van der Waals surface area contributed by atoms with Crippen LogP contribution < -0.4 is 11.3 Å². The highest BCUT2D eigenvalue weighted by Gasteiger charge is 2.36. The van der Waals surface area contributed by atoms with Gasteiger partial charge in [0.05, 0.1) is 0 Å². The van der Waals surface area contributed by atoms with Crippen molar-refractivity contribution in [2.45, 2.75) is 45.1 Å². The van der Waals surface area contributed by atoms with E-state index in [1.54, 1.807) is 0 Å². The Balaban J connectivity index is 1.95. The predicted octanol–water partition coefficient (Wildman–Crippen LogP) is 1.74. The van der Waals surface area contributed by atoms with Gasteiger partial charge in [-0.3, -0.25) is 0 Å². The molecule has 2 aliphatic rings. The maximum atomic E-state index is 5.82. The Bertz CT molecular complexity index is 445. The molecule has 3 N–H and O–H groups in total. The van der Waals surface area contributed by atoms with Gasteiger partial charge in [0.25, 0.3) is 0 Å². The maximum absolute atomic E-state index is 5.82. The monoisotopic (exact) mass is 248 g/mol. The molecule has 0 amide bonds. The number of aromatic nitrogens is 2. The van der Waals surface area contributed by atoms with Gasteiger partial charge >= 0.3 is 0 Å². The first kappa shape index (κ1) is 11.9. The van der Waals surface area contributed by atoms with Gasteiger partial charge in [-0.25, -0.2) is 15.8 Å². The van der Waals surface area contributed by atoms with Gasteiger partial charge in [-0.2, -0.15) is 0 Å². The zero-order chi connectivity index (χ0) is 12.5. The number of nitrogen functional groups attached to an aromatic ring is 1. The summed E-state index contributed by atoms with van der Waals surface area (Å²) in [6, 6.07) is 0. The average Bonchev–Trinajstić information content (AvgIpc) is 3.11. The summed E-state index contributed by atoms with van der Waals surface area (Å²) in [6.45, 7) is 2.72. The summed E-state index contributed by atoms with van der Waals surface area (Å²) in [7, 11) is 0. The third-order valence-corrected chi connectivity index (χ3v) is 3.74. The van der Waals surface area contributed by atoms with E-state index in [1.165, 1.54) is 18.4 Å². The highest BCUT2D eigenvalue weighted by Crippen LogP contribution is 2.43. The standard InChI is InChI=1S/C13H20N4O/c1-2-18-11(8-6-7-8)13-15-10-5-3-4-9(10)12(16-13)17-14/h8,11H,2-7,14H2,1H3,(H,15,16,17). The SMILES string of the molecule is CCOC(c1nc2c(c(NN)n1)CCC2)C1CC1. The topological polar surface area (TPSA) is 73.1 Å². The zero-order valence-electron chi connectivity index (χ0n) is 10.8. The second-order valence-corrected chi connectivity index (χ2v) is 5.07. The number of rotatable bonds is 5. The van der Waals surface area contributed by atoms with Gasteiger partial charge in [0.2, 0.25) is 0 Å². The summed E-state index contributed by atoms with van der Waals surface area (Å²) < 4.78 is 5.82. The highest BCUT2D eigenvalue weighted by atomic mass is 16.5. The first-order valence-electron chi connectivity index (χ1n) is 6.81. The first-order valence-corrected chi connectivity index (χ1v) is 6.81. The van der Waals surface area contributed by atoms with Crippen molar-refractivity contribution in [2.24, 2.45) is 11.8 Å². The highest BCUT2D eigenvalue weighted by molar-refractivity contribution is 5.48. The lowest BCUT2D eigenvalue weighted by atomic mass is 10.2. The third kappa shape index (κ3) is 2.08. The van der Waals surface area contributed by atoms with Crippen molar-refractivity contribution in [3.63, 3.8) is 0 Å². The minimum atomic E-state index is 0.0491. The molecule has 1 unspecified atom stereocenters. The first-order chi connectivity index (χ1) is 8.83. The minimum Gasteiger partial charge on any atom is -0.370 e. The molecule has 5 nitrogen and oxygen atoms in total. The zero-order valence-corrected chi connectivity index (χ0v) is 10.8. The molecular weight excluding hydrogens is 228 g/mol. The molecule has 0 spiro atoms. The third-order valence-electron chi connectivity index (χ3n) is 3.74. The van der Waals surface area contributed by atoms with Gasteiger partial charge in [-0.05, 0) is 44.9 Å². The molecule has 0 aromatic carbocycles. The average molecular weight is 248 g/mol. The number of hydrazine groups is 1. The summed E-state index contributed by atoms with van der Waals surface area (Å²) >= 11 is 0. The molecule has 5 heteroatoms. The molecule has 18 heavy (non-hydrogen) atoms. The Morgan fingerprint density at radius 2 is 2.22 bits per heavy atom. The number of fused-ring (bicyclic) bond motifs is 1. The number of ether oxygens (including phenoxy) is 1. The largest absolute Gasteiger partial charge is 0.370 e. The smallest absolute Gasteiger partial charge is 0.160 e. The lowest BCUT2D eigenvalue weighted by Crippen LogP contribution is -2.17. The van der Waals surface area contributed by atoms with E-state index in [9.17, 15) is 0 Å². The minimum absolute atomic E-state index is 0.0491. The van der Waals surface area contributed by atoms with Crippen molar-refractivity contribution in [1.82, 2.24) is 9.97 Å². The Hall–Kier alpha value is -1.20. The molecular formula is C13H20N4O. The van der Waals surface area contributed by atoms with Crippen LogP contribution in [0.15, 0.2) is 0 Å². The summed E-state index contributed by atoms with van der Waals surface area (Å²) in [5.41, 5.74) is 5.06. The number of hydrogen-bond donors (Lipinski definition) is 2. The van der Waals surface area contributed by atoms with Crippen molar-refractivity contribution >= 4 is 5.82 Å². The Morgan fingerprint density at radius 1 is 1.39 bits per heavy atom. The van der Waals surface area contributed by atoms with E-state index in [0.29, 0.717) is 12.5 Å². The second kappa shape index (κ2) is 4.82. The molecule has 0 bridgehead atoms. The summed E-state index contributed by atoms with van der Waals surface area (Å²) in [6.07, 6.45) is 5.69. The van der Waals surface area contributed by atoms with E-state index in [1.807, 2.05) is 6.92 Å². The van der Waals surface area contributed by atoms with E-state index in [4.69, 9.17) is 15.6 Å². The maximum Gasteiger partial charge on any atom is 0.160 e. The second-order valence-electron chi connectivity index (χ2n) is 5.07. The van der Waals surface area contributed by atoms with Gasteiger partial charge in [0, 0.05) is 17.9 Å². The molecule has 98 valence electrons. The summed E-state index contributed by atoms with van der Waals surface area (Å²) in [4.78, 5) is 9.28. The molecule has 3 rings (SSSR count). The molecule has 1 aromatic rings. The Labute approximate surface area is 107 Å². The van der Waals surface area contributed by atoms with Crippen molar-refractivity contribution in [3.8, 4) is 0 Å². The van der Waals surface area contributed by atoms with Crippen molar-refractivity contribution in [1.29, 1.82) is 0 Å². The van der Waals surface area contributed by atoms with Gasteiger partial charge in [-0.1, -0.05) is 0 Å². The normalized spacial score (nSPS) is 19.7. The molecule has 0 radical (unpaired) electrons. The van der Waals surface area contributed by atoms with Crippen molar-refractivity contribution in [3.05, 3.63) is 17.1 Å². The van der Waals surface area contributed by atoms with Crippen LogP contribution in [-0.4, -0.2) is 16.6 Å². The number of aryl methyl sites for hydroxylation is 1. The van der Waals surface area contributed by atoms with Crippen LogP contribution in [-0.2, 0) is 17.6 Å². The number of anilines is 1. The fraction of sp³-hybridized carbons (Fsp3) is 0.692. The van der Waals surface area contributed by atoms with Gasteiger partial charge in [0.15, 0.2) is 5.82 Å². The van der Waals surface area contributed by atoms with E-state index in [-0.39, 0.29) is 6.10 Å². The number of nitrogens with one attached hydrogen (secondary N) is 1. The lowest BCUT2D eigenvalue weighted by Gasteiger charge is -2.17. The van der Waals surface area contributed by atoms with Crippen LogP contribution in [0.1, 0.15) is 49.4 Å². The van der Waals surface area contributed by atoms with Crippen LogP contribution in [0.25, 0.3) is 0 Å². The van der Waals surface area contributed by atoms with E-state index < -0.39 is 0 Å². The fourth-order valence-corrected chi connectivity index (χ4v) is 2.70. The quantitative estimate of drug-likeness (QED) is 0.613. The van der Waals surface area contributed by atoms with Crippen LogP contribution >= 0.6 is 0 Å². The van der Waals surface area contributed by atoms with E-state index >= 15 is 0 Å². The molecule has 0 aliphatic heterocycles. The predicted molar refractivity (Wildman–Crippen MR) is 69.0 cm³/mol. The molecule has 1 saturated carbocycles. The van der Waals surface area contributed by atoms with Crippen LogP contribution in [0.5, 0.6) is 0 Å². The number of nitrogens with two attached hydrogens (primary N) is 1. The van der Waals surface area contributed by atoms with E-state index in [0.717, 1.165) is 36.6 Å². The molecule has 2 aliphatic carbocycles. The fourth-order valence-electron chi connectivity index (χ4n) is 2.70. The molecule has 1 heterocycles. The van der Waals surface area contributed by atoms with Gasteiger partial charge in [0.1, 0.15) is 11.9 Å². The van der Waals surface area contributed by atoms with Gasteiger partial charge < -0.3 is 10.2 Å². The van der Waals surface area contributed by atoms with E-state index in [2.05, 4.69) is 10.4 Å². The van der Waals surface area contributed by atoms with Crippen molar-refractivity contribution in [2.75, 3.05) is 12.0 Å². The van der Waals surface area contributed by atoms with Crippen molar-refractivity contribution < 1.29 is 4.74 Å². The summed E-state index contributed by atoms with van der Waals surface area (Å²) in [5, 5.41) is 0. The molecule has 0 saturated heterocycles. The van der Waals surface area contributed by atoms with Crippen LogP contribution in [0.2, 0.25) is 0 Å². The molecule has 1 aromatic heterocycles. The van der Waals surface area contributed by atoms with Crippen LogP contribution in [0, 0.1) is 5.92 Å². The lowest BCUT2D eigenvalue weighted by molar-refractivity contribution is 0.0400. The Morgan fingerprint density at radius 3 is 2.89 bits per heavy atom. The van der Waals surface area contributed by atoms with Gasteiger partial charge in [-0.15, -0.1) is 0 Å². The molecule has 1 fully saturated rings. The van der Waals surface area contributed by atoms with Crippen LogP contribution in [0.4, 0.5) is 5.82 Å². The molecule has 1 atom stereocenters. The number of hydrogen-bond acceptors (Lipinski definition) is 5. The summed E-state index contributed by atoms with van der Waals surface area (Å²) in [5.74, 6) is 7.77. The number of nitrogens with zero attached hydrogens (tertiary/aromatic N) is 2. The Kier molecular flexibility index (Phi) is 3.18. The van der Waals surface area contributed by atoms with Crippen LogP contribution in [0.3, 0.4) is 0 Å².